The van der Waals surface area contributed by atoms with Gasteiger partial charge in [-0.2, -0.15) is 0 Å². The lowest BCUT2D eigenvalue weighted by Crippen LogP contribution is -2.34. The van der Waals surface area contributed by atoms with Crippen molar-refractivity contribution in [3.8, 4) is 0 Å². The van der Waals surface area contributed by atoms with Crippen molar-refractivity contribution in [2.75, 3.05) is 18.0 Å². The number of hydrogen-bond acceptors (Lipinski definition) is 3. The molecule has 0 aliphatic rings. The Balaban J connectivity index is 0.00000361. The standard InChI is InChI=1S/C14H21N3O2.ClH/c1-11-4-2-5-12(10-11)17(9-7-13(16)18)14(19)6-3-8-15;/h2,4-5,10H,3,6-9,15H2,1H3,(H2,16,18);1H. The van der Waals surface area contributed by atoms with Gasteiger partial charge in [-0.3, -0.25) is 9.59 Å². The second kappa shape index (κ2) is 9.34. The van der Waals surface area contributed by atoms with Crippen molar-refractivity contribution >= 4 is 29.9 Å². The van der Waals surface area contributed by atoms with E-state index in [2.05, 4.69) is 0 Å². The molecule has 0 aliphatic heterocycles. The molecular weight excluding hydrogens is 278 g/mol. The van der Waals surface area contributed by atoms with Gasteiger partial charge in [0.25, 0.3) is 0 Å². The van der Waals surface area contributed by atoms with Crippen molar-refractivity contribution in [1.29, 1.82) is 0 Å². The van der Waals surface area contributed by atoms with Gasteiger partial charge < -0.3 is 16.4 Å². The molecule has 0 radical (unpaired) electrons. The number of nitrogens with zero attached hydrogens (tertiary/aromatic N) is 1. The highest BCUT2D eigenvalue weighted by molar-refractivity contribution is 5.94. The molecule has 0 aromatic heterocycles. The summed E-state index contributed by atoms with van der Waals surface area (Å²) in [7, 11) is 0. The number of primary amides is 1. The van der Waals surface area contributed by atoms with Gasteiger partial charge in [-0.1, -0.05) is 12.1 Å². The van der Waals surface area contributed by atoms with Crippen LogP contribution in [-0.2, 0) is 9.59 Å². The molecule has 0 bridgehead atoms. The van der Waals surface area contributed by atoms with E-state index in [1.165, 1.54) is 0 Å². The van der Waals surface area contributed by atoms with E-state index in [0.29, 0.717) is 25.9 Å². The first-order valence-electron chi connectivity index (χ1n) is 6.40. The Labute approximate surface area is 125 Å². The highest BCUT2D eigenvalue weighted by atomic mass is 35.5. The van der Waals surface area contributed by atoms with Crippen LogP contribution in [0, 0.1) is 6.92 Å². The molecule has 0 saturated carbocycles. The fraction of sp³-hybridized carbons (Fsp3) is 0.429. The fourth-order valence-electron chi connectivity index (χ4n) is 1.80. The Morgan fingerprint density at radius 2 is 1.95 bits per heavy atom. The van der Waals surface area contributed by atoms with Crippen LogP contribution in [0.15, 0.2) is 24.3 Å². The van der Waals surface area contributed by atoms with Gasteiger partial charge in [0.15, 0.2) is 0 Å². The maximum absolute atomic E-state index is 12.1. The van der Waals surface area contributed by atoms with Crippen LogP contribution in [0.4, 0.5) is 5.69 Å². The van der Waals surface area contributed by atoms with Crippen molar-refractivity contribution < 1.29 is 9.59 Å². The second-order valence-electron chi connectivity index (χ2n) is 4.49. The molecule has 6 heteroatoms. The largest absolute Gasteiger partial charge is 0.370 e. The summed E-state index contributed by atoms with van der Waals surface area (Å²) in [4.78, 5) is 24.7. The lowest BCUT2D eigenvalue weighted by atomic mass is 10.1. The number of aryl methyl sites for hydroxylation is 1. The summed E-state index contributed by atoms with van der Waals surface area (Å²) in [6.07, 6.45) is 1.17. The topological polar surface area (TPSA) is 89.4 Å². The molecule has 112 valence electrons. The minimum Gasteiger partial charge on any atom is -0.370 e. The molecule has 0 atom stereocenters. The third-order valence-electron chi connectivity index (χ3n) is 2.79. The highest BCUT2D eigenvalue weighted by Gasteiger charge is 2.15. The highest BCUT2D eigenvalue weighted by Crippen LogP contribution is 2.17. The second-order valence-corrected chi connectivity index (χ2v) is 4.49. The number of carbonyl (C=O) groups excluding carboxylic acids is 2. The Morgan fingerprint density at radius 1 is 1.25 bits per heavy atom. The summed E-state index contributed by atoms with van der Waals surface area (Å²) in [5, 5.41) is 0. The van der Waals surface area contributed by atoms with Crippen molar-refractivity contribution in [2.45, 2.75) is 26.2 Å². The molecule has 1 rings (SSSR count). The van der Waals surface area contributed by atoms with Gasteiger partial charge in [-0.05, 0) is 37.6 Å². The summed E-state index contributed by atoms with van der Waals surface area (Å²) < 4.78 is 0. The molecule has 0 aliphatic carbocycles. The molecule has 4 N–H and O–H groups in total. The molecule has 2 amide bonds. The predicted molar refractivity (Wildman–Crippen MR) is 82.9 cm³/mol. The number of benzene rings is 1. The summed E-state index contributed by atoms with van der Waals surface area (Å²) in [5.74, 6) is -0.443. The van der Waals surface area contributed by atoms with Gasteiger partial charge >= 0.3 is 0 Å². The zero-order chi connectivity index (χ0) is 14.3. The lowest BCUT2D eigenvalue weighted by molar-refractivity contribution is -0.119. The van der Waals surface area contributed by atoms with Crippen molar-refractivity contribution in [3.05, 3.63) is 29.8 Å². The van der Waals surface area contributed by atoms with Crippen LogP contribution in [0.2, 0.25) is 0 Å². The van der Waals surface area contributed by atoms with Crippen molar-refractivity contribution in [2.24, 2.45) is 11.5 Å². The van der Waals surface area contributed by atoms with Crippen LogP contribution in [0.3, 0.4) is 0 Å². The van der Waals surface area contributed by atoms with Crippen LogP contribution in [0.1, 0.15) is 24.8 Å². The number of hydrogen-bond donors (Lipinski definition) is 2. The molecule has 0 heterocycles. The Morgan fingerprint density at radius 3 is 2.50 bits per heavy atom. The predicted octanol–water partition coefficient (Wildman–Crippen LogP) is 1.36. The molecule has 1 aromatic rings. The smallest absolute Gasteiger partial charge is 0.227 e. The van der Waals surface area contributed by atoms with Gasteiger partial charge in [0.1, 0.15) is 0 Å². The summed E-state index contributed by atoms with van der Waals surface area (Å²) in [6.45, 7) is 2.74. The number of anilines is 1. The summed E-state index contributed by atoms with van der Waals surface area (Å²) in [6, 6.07) is 7.62. The van der Waals surface area contributed by atoms with E-state index in [4.69, 9.17) is 11.5 Å². The maximum Gasteiger partial charge on any atom is 0.227 e. The number of carbonyl (C=O) groups is 2. The van der Waals surface area contributed by atoms with Gasteiger partial charge in [0.05, 0.1) is 0 Å². The molecule has 0 unspecified atom stereocenters. The molecule has 0 spiro atoms. The minimum absolute atomic E-state index is 0. The average molecular weight is 300 g/mol. The van der Waals surface area contributed by atoms with Crippen LogP contribution in [0.5, 0.6) is 0 Å². The van der Waals surface area contributed by atoms with Crippen LogP contribution in [0.25, 0.3) is 0 Å². The third-order valence-corrected chi connectivity index (χ3v) is 2.79. The summed E-state index contributed by atoms with van der Waals surface area (Å²) in [5.41, 5.74) is 12.4. The molecular formula is C14H22ClN3O2. The third kappa shape index (κ3) is 6.04. The first-order valence-corrected chi connectivity index (χ1v) is 6.40. The molecule has 20 heavy (non-hydrogen) atoms. The van der Waals surface area contributed by atoms with Crippen LogP contribution < -0.4 is 16.4 Å². The van der Waals surface area contributed by atoms with Crippen molar-refractivity contribution in [1.82, 2.24) is 0 Å². The van der Waals surface area contributed by atoms with Crippen LogP contribution >= 0.6 is 12.4 Å². The first kappa shape index (κ1) is 18.4. The Bertz CT molecular complexity index is 452. The normalized spacial score (nSPS) is 9.70. The Kier molecular flexibility index (Phi) is 8.59. The lowest BCUT2D eigenvalue weighted by Gasteiger charge is -2.22. The quantitative estimate of drug-likeness (QED) is 0.796. The maximum atomic E-state index is 12.1. The first-order chi connectivity index (χ1) is 9.04. The molecule has 5 nitrogen and oxygen atoms in total. The van der Waals surface area contributed by atoms with Crippen LogP contribution in [-0.4, -0.2) is 24.9 Å². The van der Waals surface area contributed by atoms with E-state index in [1.807, 2.05) is 31.2 Å². The zero-order valence-corrected chi connectivity index (χ0v) is 12.5. The molecule has 1 aromatic carbocycles. The zero-order valence-electron chi connectivity index (χ0n) is 11.7. The number of rotatable bonds is 7. The van der Waals surface area contributed by atoms with E-state index < -0.39 is 5.91 Å². The van der Waals surface area contributed by atoms with Crippen molar-refractivity contribution in [3.63, 3.8) is 0 Å². The SMILES string of the molecule is Cc1cccc(N(CCC(N)=O)C(=O)CCCN)c1.Cl. The van der Waals surface area contributed by atoms with E-state index in [1.54, 1.807) is 4.90 Å². The number of amides is 2. The van der Waals surface area contributed by atoms with E-state index in [0.717, 1.165) is 11.3 Å². The number of halogens is 1. The van der Waals surface area contributed by atoms with E-state index in [-0.39, 0.29) is 24.7 Å². The average Bonchev–Trinajstić information content (AvgIpc) is 2.36. The molecule has 0 saturated heterocycles. The Hall–Kier alpha value is -1.59. The van der Waals surface area contributed by atoms with Gasteiger partial charge in [-0.15, -0.1) is 12.4 Å². The van der Waals surface area contributed by atoms with E-state index in [9.17, 15) is 9.59 Å². The van der Waals surface area contributed by atoms with Gasteiger partial charge in [0, 0.05) is 25.1 Å². The summed E-state index contributed by atoms with van der Waals surface area (Å²) >= 11 is 0. The minimum atomic E-state index is -0.413. The molecule has 0 fully saturated rings. The van der Waals surface area contributed by atoms with Gasteiger partial charge in [0.2, 0.25) is 11.8 Å². The monoisotopic (exact) mass is 299 g/mol. The van der Waals surface area contributed by atoms with Gasteiger partial charge in [-0.25, -0.2) is 0 Å². The van der Waals surface area contributed by atoms with E-state index >= 15 is 0 Å². The number of nitrogens with two attached hydrogens (primary N) is 2. The fourth-order valence-corrected chi connectivity index (χ4v) is 1.80.